The lowest BCUT2D eigenvalue weighted by molar-refractivity contribution is 0.0507. The molecule has 1 N–H and O–H groups in total. The van der Waals surface area contributed by atoms with Gasteiger partial charge in [0.05, 0.1) is 25.5 Å². The highest BCUT2D eigenvalue weighted by Crippen LogP contribution is 2.40. The van der Waals surface area contributed by atoms with Crippen molar-refractivity contribution in [2.45, 2.75) is 24.9 Å². The summed E-state index contributed by atoms with van der Waals surface area (Å²) >= 11 is 0. The standard InChI is InChI=1S/C27H28N2O5/c1-29-25(18-6-12-23(32-2)13-7-18)16-21(17-26(29)19-8-14-24(33-3)15-9-19)28-34-27(31)20-4-10-22(30)11-5-20/h4-15,25-26,30H,16-17H2,1-3H3. The van der Waals surface area contributed by atoms with Gasteiger partial charge in [0.2, 0.25) is 0 Å². The third kappa shape index (κ3) is 5.21. The molecular weight excluding hydrogens is 432 g/mol. The van der Waals surface area contributed by atoms with E-state index in [-0.39, 0.29) is 17.8 Å². The molecule has 2 atom stereocenters. The fraction of sp³-hybridized carbons (Fsp3) is 0.259. The first-order valence-electron chi connectivity index (χ1n) is 11.0. The van der Waals surface area contributed by atoms with E-state index in [1.807, 2.05) is 24.3 Å². The third-order valence-electron chi connectivity index (χ3n) is 6.20. The Morgan fingerprint density at radius 2 is 1.29 bits per heavy atom. The summed E-state index contributed by atoms with van der Waals surface area (Å²) in [6.07, 6.45) is 1.25. The van der Waals surface area contributed by atoms with Gasteiger partial charge >= 0.3 is 5.97 Å². The molecule has 1 saturated heterocycles. The maximum Gasteiger partial charge on any atom is 0.365 e. The van der Waals surface area contributed by atoms with Crippen LogP contribution in [0.4, 0.5) is 0 Å². The second-order valence-corrected chi connectivity index (χ2v) is 8.23. The molecule has 0 aromatic heterocycles. The molecule has 3 aromatic rings. The van der Waals surface area contributed by atoms with E-state index < -0.39 is 5.97 Å². The molecule has 1 aliphatic rings. The number of hydrogen-bond acceptors (Lipinski definition) is 7. The molecule has 0 aliphatic carbocycles. The molecule has 34 heavy (non-hydrogen) atoms. The Kier molecular flexibility index (Phi) is 7.13. The number of hydrogen-bond donors (Lipinski definition) is 1. The highest BCUT2D eigenvalue weighted by molar-refractivity contribution is 5.91. The van der Waals surface area contributed by atoms with Crippen LogP contribution < -0.4 is 9.47 Å². The fourth-order valence-electron chi connectivity index (χ4n) is 4.22. The zero-order valence-electron chi connectivity index (χ0n) is 19.5. The molecule has 176 valence electrons. The molecule has 0 spiro atoms. The van der Waals surface area contributed by atoms with Gasteiger partial charge in [-0.25, -0.2) is 4.79 Å². The molecule has 1 fully saturated rings. The van der Waals surface area contributed by atoms with Crippen LogP contribution in [0.5, 0.6) is 17.2 Å². The van der Waals surface area contributed by atoms with Crippen LogP contribution >= 0.6 is 0 Å². The number of piperidine rings is 1. The van der Waals surface area contributed by atoms with Crippen LogP contribution in [-0.4, -0.2) is 43.0 Å². The number of benzene rings is 3. The normalized spacial score (nSPS) is 18.3. The van der Waals surface area contributed by atoms with Crippen molar-refractivity contribution in [2.75, 3.05) is 21.3 Å². The molecule has 0 bridgehead atoms. The Balaban J connectivity index is 1.61. The van der Waals surface area contributed by atoms with Gasteiger partial charge in [0.25, 0.3) is 0 Å². The molecule has 1 heterocycles. The Labute approximate surface area is 199 Å². The van der Waals surface area contributed by atoms with Gasteiger partial charge in [-0.1, -0.05) is 29.4 Å². The summed E-state index contributed by atoms with van der Waals surface area (Å²) in [5.74, 6) is 1.12. The SMILES string of the molecule is COc1ccc(C2CC(=NOC(=O)c3ccc(O)cc3)CC(c3ccc(OC)cc3)N2C)cc1. The lowest BCUT2D eigenvalue weighted by Crippen LogP contribution is -2.37. The minimum Gasteiger partial charge on any atom is -0.508 e. The number of methoxy groups -OCH3 is 2. The van der Waals surface area contributed by atoms with Crippen LogP contribution in [0, 0.1) is 0 Å². The first-order valence-corrected chi connectivity index (χ1v) is 11.0. The summed E-state index contributed by atoms with van der Waals surface area (Å²) in [7, 11) is 5.40. The average molecular weight is 461 g/mol. The molecule has 7 heteroatoms. The summed E-state index contributed by atoms with van der Waals surface area (Å²) in [6.45, 7) is 0. The lowest BCUT2D eigenvalue weighted by Gasteiger charge is -2.40. The Bertz CT molecular complexity index is 1080. The molecular formula is C27H28N2O5. The topological polar surface area (TPSA) is 80.6 Å². The number of likely N-dealkylation sites (tertiary alicyclic amines) is 1. The number of phenols is 1. The Hall–Kier alpha value is -3.84. The summed E-state index contributed by atoms with van der Waals surface area (Å²) in [6, 6.07) is 22.0. The molecule has 1 aliphatic heterocycles. The van der Waals surface area contributed by atoms with Gasteiger partial charge in [0.1, 0.15) is 17.2 Å². The summed E-state index contributed by atoms with van der Waals surface area (Å²) < 4.78 is 10.6. The minimum atomic E-state index is -0.562. The summed E-state index contributed by atoms with van der Waals surface area (Å²) in [5.41, 5.74) is 3.37. The van der Waals surface area contributed by atoms with Gasteiger partial charge < -0.3 is 19.4 Å². The van der Waals surface area contributed by atoms with Crippen LogP contribution in [0.1, 0.15) is 46.4 Å². The highest BCUT2D eigenvalue weighted by atomic mass is 16.7. The fourth-order valence-corrected chi connectivity index (χ4v) is 4.22. The van der Waals surface area contributed by atoms with E-state index in [1.165, 1.54) is 24.3 Å². The molecule has 0 amide bonds. The van der Waals surface area contributed by atoms with E-state index in [0.717, 1.165) is 28.3 Å². The van der Waals surface area contributed by atoms with Gasteiger partial charge in [-0.2, -0.15) is 0 Å². The van der Waals surface area contributed by atoms with Crippen molar-refractivity contribution in [3.05, 3.63) is 89.5 Å². The van der Waals surface area contributed by atoms with E-state index in [2.05, 4.69) is 41.4 Å². The van der Waals surface area contributed by atoms with Gasteiger partial charge in [-0.05, 0) is 66.7 Å². The lowest BCUT2D eigenvalue weighted by atomic mass is 9.87. The summed E-state index contributed by atoms with van der Waals surface area (Å²) in [5, 5.41) is 13.7. The highest BCUT2D eigenvalue weighted by Gasteiger charge is 2.33. The zero-order chi connectivity index (χ0) is 24.1. The van der Waals surface area contributed by atoms with E-state index in [0.29, 0.717) is 18.4 Å². The summed E-state index contributed by atoms with van der Waals surface area (Å²) in [4.78, 5) is 20.1. The van der Waals surface area contributed by atoms with Gasteiger partial charge in [0, 0.05) is 24.9 Å². The molecule has 4 rings (SSSR count). The predicted octanol–water partition coefficient (Wildman–Crippen LogP) is 5.13. The van der Waals surface area contributed by atoms with Crippen molar-refractivity contribution >= 4 is 11.7 Å². The number of phenolic OH excluding ortho intramolecular Hbond substituents is 1. The van der Waals surface area contributed by atoms with Crippen LogP contribution in [-0.2, 0) is 4.84 Å². The second kappa shape index (κ2) is 10.4. The van der Waals surface area contributed by atoms with Crippen LogP contribution in [0.3, 0.4) is 0 Å². The minimum absolute atomic E-state index is 0.0397. The van der Waals surface area contributed by atoms with Crippen LogP contribution in [0.25, 0.3) is 0 Å². The van der Waals surface area contributed by atoms with Gasteiger partial charge in [-0.15, -0.1) is 0 Å². The Morgan fingerprint density at radius 1 is 0.824 bits per heavy atom. The van der Waals surface area contributed by atoms with Crippen LogP contribution in [0.15, 0.2) is 78.0 Å². The third-order valence-corrected chi connectivity index (χ3v) is 6.20. The molecule has 7 nitrogen and oxygen atoms in total. The van der Waals surface area contributed by atoms with Crippen LogP contribution in [0.2, 0.25) is 0 Å². The first-order chi connectivity index (χ1) is 16.5. The van der Waals surface area contributed by atoms with Crippen molar-refractivity contribution in [3.8, 4) is 17.2 Å². The van der Waals surface area contributed by atoms with Gasteiger partial charge in [-0.3, -0.25) is 4.90 Å². The second-order valence-electron chi connectivity index (χ2n) is 8.23. The largest absolute Gasteiger partial charge is 0.508 e. The van der Waals surface area contributed by atoms with Crippen molar-refractivity contribution in [1.29, 1.82) is 0 Å². The van der Waals surface area contributed by atoms with Crippen molar-refractivity contribution in [3.63, 3.8) is 0 Å². The number of ether oxygens (including phenoxy) is 2. The van der Waals surface area contributed by atoms with Crippen molar-refractivity contribution < 1.29 is 24.2 Å². The monoisotopic (exact) mass is 460 g/mol. The van der Waals surface area contributed by atoms with E-state index in [4.69, 9.17) is 14.3 Å². The molecule has 0 saturated carbocycles. The smallest absolute Gasteiger partial charge is 0.365 e. The maximum atomic E-state index is 12.5. The number of oxime groups is 1. The molecule has 3 aromatic carbocycles. The van der Waals surface area contributed by atoms with E-state index in [1.54, 1.807) is 14.2 Å². The number of nitrogens with zero attached hydrogens (tertiary/aromatic N) is 2. The van der Waals surface area contributed by atoms with E-state index in [9.17, 15) is 9.90 Å². The predicted molar refractivity (Wildman–Crippen MR) is 129 cm³/mol. The Morgan fingerprint density at radius 3 is 1.74 bits per heavy atom. The quantitative estimate of drug-likeness (QED) is 0.406. The maximum absolute atomic E-state index is 12.5. The number of rotatable bonds is 6. The van der Waals surface area contributed by atoms with Crippen molar-refractivity contribution in [1.82, 2.24) is 4.90 Å². The first kappa shape index (κ1) is 23.3. The number of carbonyl (C=O) groups is 1. The molecule has 0 radical (unpaired) electrons. The van der Waals surface area contributed by atoms with E-state index >= 15 is 0 Å². The van der Waals surface area contributed by atoms with Crippen molar-refractivity contribution in [2.24, 2.45) is 5.16 Å². The zero-order valence-corrected chi connectivity index (χ0v) is 19.5. The number of aromatic hydroxyl groups is 1. The van der Waals surface area contributed by atoms with Gasteiger partial charge in [0.15, 0.2) is 0 Å². The average Bonchev–Trinajstić information content (AvgIpc) is 2.88. The number of carbonyl (C=O) groups excluding carboxylic acids is 1. The molecule has 2 unspecified atom stereocenters.